The molecule has 0 aromatic heterocycles. The molecule has 4 aromatic rings. The quantitative estimate of drug-likeness (QED) is 0.244. The lowest BCUT2D eigenvalue weighted by Gasteiger charge is -2.12. The monoisotopic (exact) mass is 490 g/mol. The van der Waals surface area contributed by atoms with Crippen LogP contribution in [-0.4, -0.2) is 13.0 Å². The van der Waals surface area contributed by atoms with Crippen LogP contribution in [0.2, 0.25) is 0 Å². The second-order valence-electron chi connectivity index (χ2n) is 7.86. The SMILES string of the molecule is CCOc1ccc(-c2ccc3c(F)c(CCc4ccc(OC(F)(F)F)c(F)c4)ccc3c2)c(F)c1. The predicted octanol–water partition coefficient (Wildman–Crippen LogP) is 8.01. The maximum Gasteiger partial charge on any atom is 0.573 e. The molecule has 0 saturated carbocycles. The Balaban J connectivity index is 1.53. The van der Waals surface area contributed by atoms with E-state index in [1.165, 1.54) is 12.1 Å². The van der Waals surface area contributed by atoms with Gasteiger partial charge in [0.15, 0.2) is 11.6 Å². The van der Waals surface area contributed by atoms with Crippen LogP contribution in [0.25, 0.3) is 21.9 Å². The van der Waals surface area contributed by atoms with E-state index in [2.05, 4.69) is 4.74 Å². The number of fused-ring (bicyclic) bond motifs is 1. The van der Waals surface area contributed by atoms with Gasteiger partial charge in [-0.3, -0.25) is 0 Å². The highest BCUT2D eigenvalue weighted by Gasteiger charge is 2.32. The van der Waals surface area contributed by atoms with Crippen molar-refractivity contribution in [1.29, 1.82) is 0 Å². The molecular formula is C27H20F6O2. The molecule has 8 heteroatoms. The van der Waals surface area contributed by atoms with Crippen LogP contribution in [0.5, 0.6) is 11.5 Å². The molecule has 0 bridgehead atoms. The van der Waals surface area contributed by atoms with Gasteiger partial charge in [-0.2, -0.15) is 0 Å². The first-order chi connectivity index (χ1) is 16.6. The van der Waals surface area contributed by atoms with Crippen LogP contribution in [0.15, 0.2) is 66.7 Å². The molecule has 0 fully saturated rings. The van der Waals surface area contributed by atoms with Gasteiger partial charge in [0, 0.05) is 17.0 Å². The number of hydrogen-bond donors (Lipinski definition) is 0. The molecule has 0 aliphatic heterocycles. The third kappa shape index (κ3) is 5.70. The smallest absolute Gasteiger partial charge is 0.494 e. The second-order valence-corrected chi connectivity index (χ2v) is 7.86. The largest absolute Gasteiger partial charge is 0.573 e. The Morgan fingerprint density at radius 3 is 2.26 bits per heavy atom. The van der Waals surface area contributed by atoms with E-state index < -0.39 is 29.6 Å². The molecule has 0 radical (unpaired) electrons. The Hall–Kier alpha value is -3.68. The van der Waals surface area contributed by atoms with Gasteiger partial charge < -0.3 is 9.47 Å². The summed E-state index contributed by atoms with van der Waals surface area (Å²) < 4.78 is 89.4. The molecule has 0 saturated heterocycles. The summed E-state index contributed by atoms with van der Waals surface area (Å²) in [7, 11) is 0. The molecule has 0 atom stereocenters. The minimum absolute atomic E-state index is 0.204. The van der Waals surface area contributed by atoms with E-state index in [1.54, 1.807) is 49.4 Å². The van der Waals surface area contributed by atoms with Crippen molar-refractivity contribution in [1.82, 2.24) is 0 Å². The van der Waals surface area contributed by atoms with Crippen LogP contribution in [0.3, 0.4) is 0 Å². The maximum absolute atomic E-state index is 15.1. The van der Waals surface area contributed by atoms with Crippen LogP contribution >= 0.6 is 0 Å². The number of alkyl halides is 3. The van der Waals surface area contributed by atoms with E-state index in [4.69, 9.17) is 4.74 Å². The molecule has 4 rings (SSSR count). The molecule has 0 spiro atoms. The van der Waals surface area contributed by atoms with Gasteiger partial charge in [-0.15, -0.1) is 13.2 Å². The molecule has 4 aromatic carbocycles. The number of aryl methyl sites for hydroxylation is 2. The first-order valence-corrected chi connectivity index (χ1v) is 10.8. The van der Waals surface area contributed by atoms with Gasteiger partial charge in [-0.05, 0) is 72.2 Å². The molecule has 0 aliphatic rings. The molecule has 0 heterocycles. The molecule has 0 N–H and O–H groups in total. The predicted molar refractivity (Wildman–Crippen MR) is 121 cm³/mol. The average molecular weight is 490 g/mol. The van der Waals surface area contributed by atoms with Crippen molar-refractivity contribution in [3.63, 3.8) is 0 Å². The summed E-state index contributed by atoms with van der Waals surface area (Å²) in [4.78, 5) is 0. The summed E-state index contributed by atoms with van der Waals surface area (Å²) >= 11 is 0. The van der Waals surface area contributed by atoms with Gasteiger partial charge in [-0.25, -0.2) is 13.2 Å². The molecule has 35 heavy (non-hydrogen) atoms. The normalized spacial score (nSPS) is 11.6. The average Bonchev–Trinajstić information content (AvgIpc) is 2.80. The molecule has 0 amide bonds. The Kier molecular flexibility index (Phi) is 6.91. The molecule has 0 unspecified atom stereocenters. The van der Waals surface area contributed by atoms with E-state index >= 15 is 4.39 Å². The van der Waals surface area contributed by atoms with Crippen LogP contribution in [0.1, 0.15) is 18.1 Å². The maximum atomic E-state index is 15.1. The summed E-state index contributed by atoms with van der Waals surface area (Å²) in [5, 5.41) is 0.925. The number of ether oxygens (including phenoxy) is 2. The summed E-state index contributed by atoms with van der Waals surface area (Å²) in [6.07, 6.45) is -4.58. The zero-order chi connectivity index (χ0) is 25.2. The zero-order valence-corrected chi connectivity index (χ0v) is 18.6. The fourth-order valence-electron chi connectivity index (χ4n) is 3.87. The minimum Gasteiger partial charge on any atom is -0.494 e. The molecule has 2 nitrogen and oxygen atoms in total. The number of rotatable bonds is 7. The van der Waals surface area contributed by atoms with Crippen LogP contribution in [0.4, 0.5) is 26.3 Å². The van der Waals surface area contributed by atoms with Crippen LogP contribution < -0.4 is 9.47 Å². The highest BCUT2D eigenvalue weighted by atomic mass is 19.4. The highest BCUT2D eigenvalue weighted by Crippen LogP contribution is 2.31. The van der Waals surface area contributed by atoms with E-state index in [-0.39, 0.29) is 12.8 Å². The summed E-state index contributed by atoms with van der Waals surface area (Å²) in [6, 6.07) is 15.9. The fraction of sp³-hybridized carbons (Fsp3) is 0.185. The Labute approximate surface area is 197 Å². The van der Waals surface area contributed by atoms with Crippen molar-refractivity contribution in [2.24, 2.45) is 0 Å². The molecular weight excluding hydrogens is 470 g/mol. The lowest BCUT2D eigenvalue weighted by Crippen LogP contribution is -2.18. The van der Waals surface area contributed by atoms with Crippen molar-refractivity contribution >= 4 is 10.8 Å². The van der Waals surface area contributed by atoms with Gasteiger partial charge in [0.2, 0.25) is 0 Å². The fourth-order valence-corrected chi connectivity index (χ4v) is 3.87. The Bertz CT molecular complexity index is 1360. The molecule has 0 aliphatic carbocycles. The van der Waals surface area contributed by atoms with Crippen molar-refractivity contribution in [2.75, 3.05) is 6.61 Å². The number of halogens is 6. The van der Waals surface area contributed by atoms with Gasteiger partial charge in [0.25, 0.3) is 0 Å². The van der Waals surface area contributed by atoms with E-state index in [0.29, 0.717) is 45.4 Å². The lowest BCUT2D eigenvalue weighted by atomic mass is 9.97. The minimum atomic E-state index is -4.99. The first-order valence-electron chi connectivity index (χ1n) is 10.8. The number of hydrogen-bond acceptors (Lipinski definition) is 2. The zero-order valence-electron chi connectivity index (χ0n) is 18.6. The van der Waals surface area contributed by atoms with Crippen molar-refractivity contribution in [3.05, 3.63) is 95.3 Å². The number of benzene rings is 4. The van der Waals surface area contributed by atoms with Crippen molar-refractivity contribution in [3.8, 4) is 22.6 Å². The van der Waals surface area contributed by atoms with Crippen molar-refractivity contribution in [2.45, 2.75) is 26.1 Å². The van der Waals surface area contributed by atoms with Crippen LogP contribution in [0, 0.1) is 17.5 Å². The molecule has 182 valence electrons. The van der Waals surface area contributed by atoms with Gasteiger partial charge in [0.1, 0.15) is 17.4 Å². The highest BCUT2D eigenvalue weighted by molar-refractivity contribution is 5.88. The third-order valence-corrected chi connectivity index (χ3v) is 5.50. The first kappa shape index (κ1) is 24.4. The second kappa shape index (κ2) is 9.90. The van der Waals surface area contributed by atoms with E-state index in [1.807, 2.05) is 0 Å². The van der Waals surface area contributed by atoms with Gasteiger partial charge in [-0.1, -0.05) is 30.3 Å². The summed E-state index contributed by atoms with van der Waals surface area (Å²) in [6.45, 7) is 2.22. The van der Waals surface area contributed by atoms with Crippen molar-refractivity contribution < 1.29 is 35.8 Å². The lowest BCUT2D eigenvalue weighted by molar-refractivity contribution is -0.275. The van der Waals surface area contributed by atoms with E-state index in [0.717, 1.165) is 12.1 Å². The summed E-state index contributed by atoms with van der Waals surface area (Å²) in [5.41, 5.74) is 1.72. The van der Waals surface area contributed by atoms with E-state index in [9.17, 15) is 22.0 Å². The Morgan fingerprint density at radius 1 is 0.771 bits per heavy atom. The Morgan fingerprint density at radius 2 is 1.57 bits per heavy atom. The van der Waals surface area contributed by atoms with Gasteiger partial charge in [0.05, 0.1) is 6.61 Å². The topological polar surface area (TPSA) is 18.5 Å². The third-order valence-electron chi connectivity index (χ3n) is 5.50. The standard InChI is InChI=1S/C27H20F6O2/c1-2-34-20-9-11-21(23(28)15-20)18-8-10-22-19(14-18)7-6-17(26(22)30)5-3-16-4-12-25(24(29)13-16)35-27(31,32)33/h4,6-15H,2-3,5H2,1H3. The van der Waals surface area contributed by atoms with Crippen LogP contribution in [-0.2, 0) is 12.8 Å². The van der Waals surface area contributed by atoms with Gasteiger partial charge >= 0.3 is 6.36 Å². The summed E-state index contributed by atoms with van der Waals surface area (Å²) in [5.74, 6) is -2.55.